The van der Waals surface area contributed by atoms with Crippen LogP contribution in [-0.2, 0) is 12.8 Å². The number of urea groups is 1. The number of nitrogens with zero attached hydrogens (tertiary/aromatic N) is 1. The third kappa shape index (κ3) is 5.18. The molecule has 6 heteroatoms. The van der Waals surface area contributed by atoms with Gasteiger partial charge in [0.1, 0.15) is 5.75 Å². The molecule has 0 saturated carbocycles. The van der Waals surface area contributed by atoms with Crippen LogP contribution in [0.2, 0.25) is 0 Å². The Morgan fingerprint density at radius 1 is 1.19 bits per heavy atom. The van der Waals surface area contributed by atoms with Crippen LogP contribution in [0.25, 0.3) is 0 Å². The second-order valence-corrected chi connectivity index (χ2v) is 4.61. The van der Waals surface area contributed by atoms with Gasteiger partial charge in [0.05, 0.1) is 13.4 Å². The summed E-state index contributed by atoms with van der Waals surface area (Å²) in [5, 5.41) is 5.64. The molecule has 21 heavy (non-hydrogen) atoms. The monoisotopic (exact) mass is 288 g/mol. The summed E-state index contributed by atoms with van der Waals surface area (Å²) in [6, 6.07) is 7.68. The first-order valence-corrected chi connectivity index (χ1v) is 6.90. The lowest BCUT2D eigenvalue weighted by atomic mass is 10.1. The molecule has 1 heterocycles. The quantitative estimate of drug-likeness (QED) is 0.722. The lowest BCUT2D eigenvalue weighted by Crippen LogP contribution is -2.37. The van der Waals surface area contributed by atoms with Crippen LogP contribution in [-0.4, -0.2) is 36.2 Å². The van der Waals surface area contributed by atoms with Gasteiger partial charge < -0.3 is 20.4 Å². The maximum absolute atomic E-state index is 11.6. The van der Waals surface area contributed by atoms with Crippen LogP contribution in [0.1, 0.15) is 11.3 Å². The number of rotatable bonds is 7. The number of carbonyl (C=O) groups excluding carboxylic acids is 1. The normalized spacial score (nSPS) is 10.1. The molecule has 0 bridgehead atoms. The van der Waals surface area contributed by atoms with Crippen LogP contribution >= 0.6 is 0 Å². The highest BCUT2D eigenvalue weighted by atomic mass is 16.5. The van der Waals surface area contributed by atoms with E-state index in [1.807, 2.05) is 24.3 Å². The number of aromatic amines is 1. The number of hydrogen-bond donors (Lipinski definition) is 3. The molecule has 1 aromatic heterocycles. The maximum Gasteiger partial charge on any atom is 0.314 e. The highest BCUT2D eigenvalue weighted by molar-refractivity contribution is 5.73. The number of H-pyrrole nitrogens is 1. The molecular weight excluding hydrogens is 268 g/mol. The van der Waals surface area contributed by atoms with Gasteiger partial charge in [-0.25, -0.2) is 9.78 Å². The largest absolute Gasteiger partial charge is 0.497 e. The van der Waals surface area contributed by atoms with E-state index in [2.05, 4.69) is 20.6 Å². The van der Waals surface area contributed by atoms with E-state index in [4.69, 9.17) is 4.74 Å². The van der Waals surface area contributed by atoms with Crippen LogP contribution < -0.4 is 15.4 Å². The maximum atomic E-state index is 11.6. The minimum absolute atomic E-state index is 0.150. The van der Waals surface area contributed by atoms with Crippen LogP contribution in [0.5, 0.6) is 5.75 Å². The Morgan fingerprint density at radius 2 is 1.90 bits per heavy atom. The molecule has 0 radical (unpaired) electrons. The molecule has 0 aliphatic rings. The zero-order valence-corrected chi connectivity index (χ0v) is 12.1. The molecule has 0 aliphatic carbocycles. The van der Waals surface area contributed by atoms with Crippen molar-refractivity contribution in [3.63, 3.8) is 0 Å². The number of imidazole rings is 1. The zero-order chi connectivity index (χ0) is 14.9. The molecule has 0 aliphatic heterocycles. The van der Waals surface area contributed by atoms with E-state index in [1.165, 1.54) is 0 Å². The molecule has 2 amide bonds. The number of benzene rings is 1. The molecule has 2 aromatic rings. The van der Waals surface area contributed by atoms with Crippen LogP contribution in [0.15, 0.2) is 36.8 Å². The van der Waals surface area contributed by atoms with Crippen molar-refractivity contribution in [1.29, 1.82) is 0 Å². The van der Waals surface area contributed by atoms with Gasteiger partial charge in [-0.15, -0.1) is 0 Å². The van der Waals surface area contributed by atoms with Crippen molar-refractivity contribution in [2.45, 2.75) is 12.8 Å². The Labute approximate surface area is 123 Å². The van der Waals surface area contributed by atoms with Gasteiger partial charge in [-0.05, 0) is 24.1 Å². The van der Waals surface area contributed by atoms with Crippen molar-refractivity contribution in [2.75, 3.05) is 20.2 Å². The smallest absolute Gasteiger partial charge is 0.314 e. The van der Waals surface area contributed by atoms with Crippen molar-refractivity contribution in [3.8, 4) is 5.75 Å². The van der Waals surface area contributed by atoms with Crippen molar-refractivity contribution >= 4 is 6.03 Å². The Hall–Kier alpha value is -2.50. The first-order valence-electron chi connectivity index (χ1n) is 6.90. The SMILES string of the molecule is COc1ccc(CCNC(=O)NCCc2cnc[nH]2)cc1. The summed E-state index contributed by atoms with van der Waals surface area (Å²) >= 11 is 0. The Bertz CT molecular complexity index is 537. The van der Waals surface area contributed by atoms with Gasteiger partial charge in [0, 0.05) is 31.4 Å². The Balaban J connectivity index is 1.60. The summed E-state index contributed by atoms with van der Waals surface area (Å²) < 4.78 is 5.10. The minimum Gasteiger partial charge on any atom is -0.497 e. The second-order valence-electron chi connectivity index (χ2n) is 4.61. The first-order chi connectivity index (χ1) is 10.3. The Kier molecular flexibility index (Phi) is 5.63. The fourth-order valence-corrected chi connectivity index (χ4v) is 1.91. The lowest BCUT2D eigenvalue weighted by molar-refractivity contribution is 0.241. The van der Waals surface area contributed by atoms with E-state index in [9.17, 15) is 4.79 Å². The van der Waals surface area contributed by atoms with E-state index in [-0.39, 0.29) is 6.03 Å². The first kappa shape index (κ1) is 14.9. The van der Waals surface area contributed by atoms with E-state index in [0.29, 0.717) is 13.1 Å². The number of ether oxygens (including phenoxy) is 1. The molecule has 0 spiro atoms. The van der Waals surface area contributed by atoms with Crippen molar-refractivity contribution in [1.82, 2.24) is 20.6 Å². The highest BCUT2D eigenvalue weighted by Gasteiger charge is 2.01. The van der Waals surface area contributed by atoms with Crippen LogP contribution in [0.4, 0.5) is 4.79 Å². The van der Waals surface area contributed by atoms with Crippen molar-refractivity contribution in [2.24, 2.45) is 0 Å². The standard InChI is InChI=1S/C15H20N4O2/c1-21-14-4-2-12(3-5-14)6-8-17-15(20)18-9-7-13-10-16-11-19-13/h2-5,10-11H,6-9H2,1H3,(H,16,19)(H2,17,18,20). The number of nitrogens with one attached hydrogen (secondary N) is 3. The average molecular weight is 288 g/mol. The number of hydrogen-bond acceptors (Lipinski definition) is 3. The van der Waals surface area contributed by atoms with Crippen molar-refractivity contribution < 1.29 is 9.53 Å². The second kappa shape index (κ2) is 7.94. The molecule has 1 aromatic carbocycles. The van der Waals surface area contributed by atoms with Crippen molar-refractivity contribution in [3.05, 3.63) is 48.0 Å². The summed E-state index contributed by atoms with van der Waals surface area (Å²) in [7, 11) is 1.64. The molecule has 112 valence electrons. The minimum atomic E-state index is -0.150. The van der Waals surface area contributed by atoms with E-state index >= 15 is 0 Å². The Morgan fingerprint density at radius 3 is 2.52 bits per heavy atom. The number of carbonyl (C=O) groups is 1. The van der Waals surface area contributed by atoms with Gasteiger partial charge in [0.25, 0.3) is 0 Å². The summed E-state index contributed by atoms with van der Waals surface area (Å²) in [4.78, 5) is 18.5. The highest BCUT2D eigenvalue weighted by Crippen LogP contribution is 2.11. The lowest BCUT2D eigenvalue weighted by Gasteiger charge is -2.07. The summed E-state index contributed by atoms with van der Waals surface area (Å²) in [6.45, 7) is 1.18. The molecule has 2 rings (SSSR count). The number of methoxy groups -OCH3 is 1. The zero-order valence-electron chi connectivity index (χ0n) is 12.1. The van der Waals surface area contributed by atoms with E-state index < -0.39 is 0 Å². The van der Waals surface area contributed by atoms with Gasteiger partial charge in [-0.3, -0.25) is 0 Å². The fraction of sp³-hybridized carbons (Fsp3) is 0.333. The number of amides is 2. The molecule has 6 nitrogen and oxygen atoms in total. The summed E-state index contributed by atoms with van der Waals surface area (Å²) in [5.41, 5.74) is 2.17. The average Bonchev–Trinajstić information content (AvgIpc) is 3.01. The molecular formula is C15H20N4O2. The molecule has 0 saturated heterocycles. The van der Waals surface area contributed by atoms with Crippen LogP contribution in [0, 0.1) is 0 Å². The third-order valence-corrected chi connectivity index (χ3v) is 3.09. The van der Waals surface area contributed by atoms with Gasteiger partial charge >= 0.3 is 6.03 Å². The van der Waals surface area contributed by atoms with Gasteiger partial charge in [-0.1, -0.05) is 12.1 Å². The van der Waals surface area contributed by atoms with E-state index in [1.54, 1.807) is 19.6 Å². The van der Waals surface area contributed by atoms with E-state index in [0.717, 1.165) is 29.8 Å². The molecule has 0 fully saturated rings. The van der Waals surface area contributed by atoms with Gasteiger partial charge in [-0.2, -0.15) is 0 Å². The predicted octanol–water partition coefficient (Wildman–Crippen LogP) is 1.50. The molecule has 0 unspecified atom stereocenters. The van der Waals surface area contributed by atoms with Gasteiger partial charge in [0.15, 0.2) is 0 Å². The predicted molar refractivity (Wildman–Crippen MR) is 80.4 cm³/mol. The summed E-state index contributed by atoms with van der Waals surface area (Å²) in [6.07, 6.45) is 4.91. The molecule has 3 N–H and O–H groups in total. The summed E-state index contributed by atoms with van der Waals surface area (Å²) in [5.74, 6) is 0.836. The number of aromatic nitrogens is 2. The molecule has 0 atom stereocenters. The third-order valence-electron chi connectivity index (χ3n) is 3.09. The van der Waals surface area contributed by atoms with Crippen LogP contribution in [0.3, 0.4) is 0 Å². The fourth-order valence-electron chi connectivity index (χ4n) is 1.91. The van der Waals surface area contributed by atoms with Gasteiger partial charge in [0.2, 0.25) is 0 Å². The topological polar surface area (TPSA) is 79.0 Å².